The van der Waals surface area contributed by atoms with Crippen molar-refractivity contribution >= 4 is 11.9 Å². The van der Waals surface area contributed by atoms with Crippen LogP contribution >= 0.6 is 0 Å². The van der Waals surface area contributed by atoms with Gasteiger partial charge in [-0.3, -0.25) is 0 Å². The molecule has 7 heteroatoms. The van der Waals surface area contributed by atoms with Crippen LogP contribution in [0.5, 0.6) is 28.7 Å². The molecular weight excluding hydrogens is 304 g/mol. The Morgan fingerprint density at radius 3 is 2.52 bits per heavy atom. The first-order valence-electron chi connectivity index (χ1n) is 6.75. The van der Waals surface area contributed by atoms with Gasteiger partial charge in [0.1, 0.15) is 29.2 Å². The van der Waals surface area contributed by atoms with E-state index in [1.54, 1.807) is 6.92 Å². The second-order valence-electron chi connectivity index (χ2n) is 5.29. The fraction of sp³-hybridized carbons (Fsp3) is 0.125. The minimum absolute atomic E-state index is 0.0138. The molecule has 2 aromatic rings. The number of ether oxygens (including phenoxy) is 3. The maximum absolute atomic E-state index is 12.3. The van der Waals surface area contributed by atoms with Crippen molar-refractivity contribution in [2.75, 3.05) is 0 Å². The van der Waals surface area contributed by atoms with Crippen molar-refractivity contribution in [2.24, 2.45) is 0 Å². The van der Waals surface area contributed by atoms with Gasteiger partial charge >= 0.3 is 11.9 Å². The van der Waals surface area contributed by atoms with Crippen molar-refractivity contribution in [1.82, 2.24) is 0 Å². The van der Waals surface area contributed by atoms with Crippen LogP contribution in [0.2, 0.25) is 0 Å². The number of carbonyl (C=O) groups is 2. The molecule has 7 nitrogen and oxygen atoms in total. The van der Waals surface area contributed by atoms with Crippen molar-refractivity contribution in [3.8, 4) is 28.7 Å². The third-order valence-corrected chi connectivity index (χ3v) is 3.77. The Bertz CT molecular complexity index is 898. The van der Waals surface area contributed by atoms with Gasteiger partial charge in [-0.2, -0.15) is 0 Å². The topological polar surface area (TPSA) is 102 Å². The van der Waals surface area contributed by atoms with Crippen LogP contribution in [-0.4, -0.2) is 22.2 Å². The summed E-state index contributed by atoms with van der Waals surface area (Å²) >= 11 is 0. The molecule has 0 radical (unpaired) electrons. The van der Waals surface area contributed by atoms with Crippen LogP contribution in [0.1, 0.15) is 31.8 Å². The van der Waals surface area contributed by atoms with Gasteiger partial charge in [-0.1, -0.05) is 0 Å². The molecule has 116 valence electrons. The molecule has 2 aliphatic heterocycles. The van der Waals surface area contributed by atoms with E-state index >= 15 is 0 Å². The third kappa shape index (κ3) is 1.83. The standard InChI is InChI=1S/C16H10O7/c1-6-2-8(17)4-9-11(6)16(20)23-10-3-7-5-21-15(19)12(7)13(18)14(10)22-9/h2-4,17-18H,5H2,1H3. The smallest absolute Gasteiger partial charge is 0.347 e. The van der Waals surface area contributed by atoms with Gasteiger partial charge in [0, 0.05) is 11.6 Å². The zero-order chi connectivity index (χ0) is 16.3. The predicted octanol–water partition coefficient (Wildman–Crippen LogP) is 2.40. The van der Waals surface area contributed by atoms with E-state index in [1.807, 2.05) is 0 Å². The normalized spacial score (nSPS) is 14.8. The van der Waals surface area contributed by atoms with Crippen LogP contribution in [0, 0.1) is 6.92 Å². The molecular formula is C16H10O7. The molecule has 2 heterocycles. The van der Waals surface area contributed by atoms with E-state index in [1.165, 1.54) is 18.2 Å². The van der Waals surface area contributed by atoms with Crippen molar-refractivity contribution in [3.63, 3.8) is 0 Å². The molecule has 23 heavy (non-hydrogen) atoms. The molecule has 0 atom stereocenters. The van der Waals surface area contributed by atoms with Crippen molar-refractivity contribution in [3.05, 3.63) is 40.5 Å². The SMILES string of the molecule is Cc1cc(O)cc2c1C(=O)Oc1cc3c(c(O)c1O2)C(=O)OC3. The molecule has 4 rings (SSSR count). The van der Waals surface area contributed by atoms with Gasteiger partial charge in [-0.25, -0.2) is 9.59 Å². The molecule has 0 spiro atoms. The van der Waals surface area contributed by atoms with Crippen LogP contribution in [0.3, 0.4) is 0 Å². The van der Waals surface area contributed by atoms with Gasteiger partial charge in [-0.15, -0.1) is 0 Å². The molecule has 0 unspecified atom stereocenters. The van der Waals surface area contributed by atoms with Crippen LogP contribution < -0.4 is 9.47 Å². The van der Waals surface area contributed by atoms with E-state index in [0.717, 1.165) is 0 Å². The number of carbonyl (C=O) groups excluding carboxylic acids is 2. The molecule has 0 amide bonds. The number of aromatic hydroxyl groups is 2. The largest absolute Gasteiger partial charge is 0.508 e. The number of esters is 2. The number of aryl methyl sites for hydroxylation is 1. The number of phenols is 2. The van der Waals surface area contributed by atoms with Gasteiger partial charge in [0.15, 0.2) is 11.5 Å². The zero-order valence-corrected chi connectivity index (χ0v) is 11.9. The van der Waals surface area contributed by atoms with E-state index in [4.69, 9.17) is 14.2 Å². The first-order valence-corrected chi connectivity index (χ1v) is 6.75. The lowest BCUT2D eigenvalue weighted by molar-refractivity contribution is 0.0532. The number of rotatable bonds is 0. The second-order valence-corrected chi connectivity index (χ2v) is 5.29. The summed E-state index contributed by atoms with van der Waals surface area (Å²) in [6.45, 7) is 1.61. The highest BCUT2D eigenvalue weighted by Crippen LogP contribution is 2.49. The van der Waals surface area contributed by atoms with Crippen LogP contribution in [0.4, 0.5) is 0 Å². The third-order valence-electron chi connectivity index (χ3n) is 3.77. The maximum atomic E-state index is 12.3. The van der Waals surface area contributed by atoms with Crippen LogP contribution in [0.15, 0.2) is 18.2 Å². The molecule has 0 saturated carbocycles. The minimum Gasteiger partial charge on any atom is -0.508 e. The maximum Gasteiger partial charge on any atom is 0.347 e. The number of phenolic OH excluding ortho intramolecular Hbond substituents is 2. The van der Waals surface area contributed by atoms with E-state index in [-0.39, 0.29) is 40.7 Å². The Morgan fingerprint density at radius 1 is 0.957 bits per heavy atom. The number of hydrogen-bond acceptors (Lipinski definition) is 7. The van der Waals surface area contributed by atoms with Crippen molar-refractivity contribution in [1.29, 1.82) is 0 Å². The highest BCUT2D eigenvalue weighted by atomic mass is 16.6. The summed E-state index contributed by atoms with van der Waals surface area (Å²) in [7, 11) is 0. The fourth-order valence-electron chi connectivity index (χ4n) is 2.75. The van der Waals surface area contributed by atoms with E-state index in [2.05, 4.69) is 0 Å². The highest BCUT2D eigenvalue weighted by molar-refractivity contribution is 6.00. The molecule has 0 aliphatic carbocycles. The first kappa shape index (κ1) is 13.4. The quantitative estimate of drug-likeness (QED) is 0.568. The highest BCUT2D eigenvalue weighted by Gasteiger charge is 2.34. The zero-order valence-electron chi connectivity index (χ0n) is 11.9. The van der Waals surface area contributed by atoms with Gasteiger partial charge in [0.05, 0.1) is 0 Å². The molecule has 2 N–H and O–H groups in total. The molecule has 2 aromatic carbocycles. The second kappa shape index (κ2) is 4.39. The first-order chi connectivity index (χ1) is 11.0. The fourth-order valence-corrected chi connectivity index (χ4v) is 2.75. The van der Waals surface area contributed by atoms with Gasteiger partial charge in [0.2, 0.25) is 5.75 Å². The summed E-state index contributed by atoms with van der Waals surface area (Å²) in [4.78, 5) is 24.0. The Morgan fingerprint density at radius 2 is 1.74 bits per heavy atom. The van der Waals surface area contributed by atoms with Crippen molar-refractivity contribution < 1.29 is 34.0 Å². The van der Waals surface area contributed by atoms with Gasteiger partial charge < -0.3 is 24.4 Å². The van der Waals surface area contributed by atoms with E-state index < -0.39 is 17.7 Å². The average Bonchev–Trinajstić information content (AvgIpc) is 2.75. The Kier molecular flexibility index (Phi) is 2.57. The lowest BCUT2D eigenvalue weighted by Gasteiger charge is -2.11. The monoisotopic (exact) mass is 314 g/mol. The summed E-state index contributed by atoms with van der Waals surface area (Å²) in [6, 6.07) is 4.06. The summed E-state index contributed by atoms with van der Waals surface area (Å²) in [5.74, 6) is -2.06. The Labute approximate surface area is 129 Å². The average molecular weight is 314 g/mol. The van der Waals surface area contributed by atoms with Gasteiger partial charge in [0.25, 0.3) is 0 Å². The number of hydrogen-bond donors (Lipinski definition) is 2. The van der Waals surface area contributed by atoms with E-state index in [9.17, 15) is 19.8 Å². The summed E-state index contributed by atoms with van der Waals surface area (Å²) in [6.07, 6.45) is 0. The molecule has 2 aliphatic rings. The number of cyclic esters (lactones) is 1. The summed E-state index contributed by atoms with van der Waals surface area (Å²) in [5.41, 5.74) is 0.999. The number of benzene rings is 2. The van der Waals surface area contributed by atoms with Gasteiger partial charge in [-0.05, 0) is 24.6 Å². The lowest BCUT2D eigenvalue weighted by atomic mass is 10.1. The summed E-state index contributed by atoms with van der Waals surface area (Å²) < 4.78 is 15.7. The minimum atomic E-state index is -0.680. The molecule has 0 saturated heterocycles. The Hall–Kier alpha value is -3.22. The van der Waals surface area contributed by atoms with Crippen molar-refractivity contribution in [2.45, 2.75) is 13.5 Å². The number of fused-ring (bicyclic) bond motifs is 3. The summed E-state index contributed by atoms with van der Waals surface area (Å²) in [5, 5.41) is 20.0. The lowest BCUT2D eigenvalue weighted by Crippen LogP contribution is -2.09. The Balaban J connectivity index is 1.97. The molecule has 0 bridgehead atoms. The van der Waals surface area contributed by atoms with Crippen LogP contribution in [0.25, 0.3) is 0 Å². The predicted molar refractivity (Wildman–Crippen MR) is 75.1 cm³/mol. The van der Waals surface area contributed by atoms with E-state index in [0.29, 0.717) is 11.1 Å². The molecule has 0 aromatic heterocycles. The molecule has 0 fully saturated rings. The van der Waals surface area contributed by atoms with Crippen LogP contribution in [-0.2, 0) is 11.3 Å².